The van der Waals surface area contributed by atoms with Crippen LogP contribution in [-0.4, -0.2) is 18.6 Å². The van der Waals surface area contributed by atoms with Crippen LogP contribution in [0, 0.1) is 6.92 Å². The topological polar surface area (TPSA) is 97.1 Å². The Balaban J connectivity index is 1.92. The van der Waals surface area contributed by atoms with Crippen molar-refractivity contribution in [3.63, 3.8) is 0 Å². The number of nitrogens with zero attached hydrogens (tertiary/aromatic N) is 2. The minimum Gasteiger partial charge on any atom is -0.314 e. The van der Waals surface area contributed by atoms with Crippen molar-refractivity contribution < 1.29 is 12.9 Å². The van der Waals surface area contributed by atoms with Crippen molar-refractivity contribution in [1.29, 1.82) is 0 Å². The Kier molecular flexibility index (Phi) is 2.76. The highest BCUT2D eigenvalue weighted by atomic mass is 32.2. The van der Waals surface area contributed by atoms with Crippen LogP contribution in [0.2, 0.25) is 0 Å². The fraction of sp³-hybridized carbons (Fsp3) is 0.273. The molecule has 0 saturated carbocycles. The van der Waals surface area contributed by atoms with Crippen molar-refractivity contribution in [2.24, 2.45) is 0 Å². The van der Waals surface area contributed by atoms with E-state index in [1.54, 1.807) is 19.1 Å². The predicted octanol–water partition coefficient (Wildman–Crippen LogP) is 0.782. The zero-order chi connectivity index (χ0) is 13.5. The lowest BCUT2D eigenvalue weighted by Crippen LogP contribution is -2.13. The fourth-order valence-corrected chi connectivity index (χ4v) is 2.93. The minimum atomic E-state index is -3.70. The third kappa shape index (κ3) is 2.32. The van der Waals surface area contributed by atoms with Crippen LogP contribution in [0.4, 0.5) is 6.01 Å². The highest BCUT2D eigenvalue weighted by Crippen LogP contribution is 2.21. The van der Waals surface area contributed by atoms with E-state index < -0.39 is 10.0 Å². The molecular weight excluding hydrogens is 268 g/mol. The van der Waals surface area contributed by atoms with Gasteiger partial charge in [0.15, 0.2) is 5.82 Å². The largest absolute Gasteiger partial charge is 0.335 e. The number of sulfonamides is 1. The first-order chi connectivity index (χ1) is 9.04. The fourth-order valence-electron chi connectivity index (χ4n) is 1.95. The molecule has 7 nitrogen and oxygen atoms in total. The summed E-state index contributed by atoms with van der Waals surface area (Å²) < 4.78 is 31.3. The van der Waals surface area contributed by atoms with Crippen LogP contribution in [0.5, 0.6) is 0 Å². The van der Waals surface area contributed by atoms with E-state index in [0.717, 1.165) is 17.7 Å². The summed E-state index contributed by atoms with van der Waals surface area (Å²) in [6.45, 7) is 3.06. The van der Waals surface area contributed by atoms with Gasteiger partial charge in [-0.3, -0.25) is 0 Å². The summed E-state index contributed by atoms with van der Waals surface area (Å²) >= 11 is 0. The predicted molar refractivity (Wildman–Crippen MR) is 66.8 cm³/mol. The van der Waals surface area contributed by atoms with Crippen LogP contribution in [0.15, 0.2) is 27.6 Å². The number of rotatable bonds is 3. The summed E-state index contributed by atoms with van der Waals surface area (Å²) in [5.74, 6) is 0.371. The van der Waals surface area contributed by atoms with Crippen LogP contribution in [0.3, 0.4) is 0 Å². The summed E-state index contributed by atoms with van der Waals surface area (Å²) in [4.78, 5) is 4.00. The van der Waals surface area contributed by atoms with Crippen LogP contribution in [-0.2, 0) is 23.1 Å². The van der Waals surface area contributed by atoms with Crippen LogP contribution in [0.1, 0.15) is 17.0 Å². The quantitative estimate of drug-likeness (QED) is 0.862. The molecule has 2 aromatic rings. The Morgan fingerprint density at radius 2 is 2.11 bits per heavy atom. The van der Waals surface area contributed by atoms with Crippen molar-refractivity contribution in [1.82, 2.24) is 15.5 Å². The van der Waals surface area contributed by atoms with E-state index in [1.807, 2.05) is 6.07 Å². The number of fused-ring (bicyclic) bond motifs is 1. The molecule has 0 amide bonds. The summed E-state index contributed by atoms with van der Waals surface area (Å²) in [5.41, 5.74) is 2.11. The molecule has 0 saturated heterocycles. The van der Waals surface area contributed by atoms with Crippen LogP contribution >= 0.6 is 0 Å². The molecular formula is C11H12N4O3S. The second kappa shape index (κ2) is 4.32. The molecule has 1 aromatic heterocycles. The van der Waals surface area contributed by atoms with E-state index in [0.29, 0.717) is 12.4 Å². The lowest BCUT2D eigenvalue weighted by atomic mass is 10.1. The van der Waals surface area contributed by atoms with Gasteiger partial charge in [-0.25, -0.2) is 13.1 Å². The molecule has 0 spiro atoms. The van der Waals surface area contributed by atoms with Crippen molar-refractivity contribution in [3.8, 4) is 0 Å². The Hall–Kier alpha value is -1.93. The monoisotopic (exact) mass is 280 g/mol. The maximum absolute atomic E-state index is 12.2. The van der Waals surface area contributed by atoms with Gasteiger partial charge in [-0.15, -0.1) is 0 Å². The number of aromatic nitrogens is 2. The lowest BCUT2D eigenvalue weighted by molar-refractivity contribution is 0.429. The molecule has 0 unspecified atom stereocenters. The van der Waals surface area contributed by atoms with Gasteiger partial charge in [0.05, 0.1) is 4.90 Å². The van der Waals surface area contributed by atoms with E-state index in [4.69, 9.17) is 4.52 Å². The molecule has 3 rings (SSSR count). The van der Waals surface area contributed by atoms with E-state index in [1.165, 1.54) is 0 Å². The standard InChI is InChI=1S/C11H12N4O3S/c1-7-13-11(18-14-7)15-19(16,17)10-3-2-8-5-12-6-9(8)4-10/h2-4,12H,5-6H2,1H3,(H,13,14,15). The van der Waals surface area contributed by atoms with Crippen LogP contribution < -0.4 is 10.0 Å². The van der Waals surface area contributed by atoms with E-state index in [2.05, 4.69) is 20.2 Å². The van der Waals surface area contributed by atoms with Gasteiger partial charge in [-0.05, 0) is 30.2 Å². The summed E-state index contributed by atoms with van der Waals surface area (Å²) in [7, 11) is -3.70. The zero-order valence-corrected chi connectivity index (χ0v) is 11.0. The molecule has 0 aliphatic carbocycles. The summed E-state index contributed by atoms with van der Waals surface area (Å²) in [6.07, 6.45) is 0. The molecule has 2 N–H and O–H groups in total. The van der Waals surface area contributed by atoms with Crippen molar-refractivity contribution in [3.05, 3.63) is 35.2 Å². The zero-order valence-electron chi connectivity index (χ0n) is 10.2. The van der Waals surface area contributed by atoms with Gasteiger partial charge in [0, 0.05) is 13.1 Å². The van der Waals surface area contributed by atoms with Gasteiger partial charge >= 0.3 is 6.01 Å². The van der Waals surface area contributed by atoms with Gasteiger partial charge in [-0.2, -0.15) is 4.98 Å². The van der Waals surface area contributed by atoms with E-state index in [9.17, 15) is 8.42 Å². The lowest BCUT2D eigenvalue weighted by Gasteiger charge is -2.05. The third-order valence-electron chi connectivity index (χ3n) is 2.87. The average molecular weight is 280 g/mol. The molecule has 100 valence electrons. The normalized spacial score (nSPS) is 14.4. The Morgan fingerprint density at radius 3 is 2.84 bits per heavy atom. The SMILES string of the molecule is Cc1noc(NS(=O)(=O)c2ccc3c(c2)CNC3)n1. The van der Waals surface area contributed by atoms with Gasteiger partial charge in [0.1, 0.15) is 0 Å². The van der Waals surface area contributed by atoms with Gasteiger partial charge in [0.25, 0.3) is 10.0 Å². The first-order valence-corrected chi connectivity index (χ1v) is 7.18. The number of benzene rings is 1. The van der Waals surface area contributed by atoms with Gasteiger partial charge in [-0.1, -0.05) is 11.2 Å². The minimum absolute atomic E-state index is 0.129. The molecule has 0 atom stereocenters. The molecule has 1 aromatic carbocycles. The number of hydrogen-bond donors (Lipinski definition) is 2. The molecule has 19 heavy (non-hydrogen) atoms. The van der Waals surface area contributed by atoms with E-state index in [-0.39, 0.29) is 10.9 Å². The Bertz CT molecular complexity index is 723. The average Bonchev–Trinajstić information content (AvgIpc) is 2.96. The van der Waals surface area contributed by atoms with Crippen molar-refractivity contribution >= 4 is 16.0 Å². The molecule has 1 aliphatic heterocycles. The van der Waals surface area contributed by atoms with Crippen LogP contribution in [0.25, 0.3) is 0 Å². The van der Waals surface area contributed by atoms with Crippen molar-refractivity contribution in [2.75, 3.05) is 4.72 Å². The number of hydrogen-bond acceptors (Lipinski definition) is 6. The summed E-state index contributed by atoms with van der Waals surface area (Å²) in [6, 6.07) is 4.90. The molecule has 0 fully saturated rings. The second-order valence-corrected chi connectivity index (χ2v) is 5.97. The number of nitrogens with one attached hydrogen (secondary N) is 2. The number of aryl methyl sites for hydroxylation is 1. The van der Waals surface area contributed by atoms with Crippen molar-refractivity contribution in [2.45, 2.75) is 24.9 Å². The van der Waals surface area contributed by atoms with Gasteiger partial charge in [0.2, 0.25) is 0 Å². The maximum Gasteiger partial charge on any atom is 0.335 e. The van der Waals surface area contributed by atoms with Gasteiger partial charge < -0.3 is 9.84 Å². The molecule has 0 bridgehead atoms. The maximum atomic E-state index is 12.2. The first-order valence-electron chi connectivity index (χ1n) is 5.70. The molecule has 8 heteroatoms. The molecule has 1 aliphatic rings. The molecule has 2 heterocycles. The third-order valence-corrected chi connectivity index (χ3v) is 4.19. The Morgan fingerprint density at radius 1 is 1.32 bits per heavy atom. The number of anilines is 1. The first kappa shape index (κ1) is 12.1. The summed E-state index contributed by atoms with van der Waals surface area (Å²) in [5, 5.41) is 6.69. The Labute approximate surface area is 110 Å². The molecule has 0 radical (unpaired) electrons. The van der Waals surface area contributed by atoms with E-state index >= 15 is 0 Å². The highest BCUT2D eigenvalue weighted by Gasteiger charge is 2.20. The highest BCUT2D eigenvalue weighted by molar-refractivity contribution is 7.92. The second-order valence-electron chi connectivity index (χ2n) is 4.29. The smallest absolute Gasteiger partial charge is 0.314 e.